The van der Waals surface area contributed by atoms with Crippen LogP contribution in [0.2, 0.25) is 0 Å². The minimum absolute atomic E-state index is 0.00754. The molecule has 3 atom stereocenters. The maximum atomic E-state index is 12.6. The van der Waals surface area contributed by atoms with Gasteiger partial charge in [0.15, 0.2) is 0 Å². The van der Waals surface area contributed by atoms with Crippen LogP contribution in [0.25, 0.3) is 0 Å². The second kappa shape index (κ2) is 9.23. The summed E-state index contributed by atoms with van der Waals surface area (Å²) >= 11 is 0. The van der Waals surface area contributed by atoms with Gasteiger partial charge in [-0.2, -0.15) is 0 Å². The smallest absolute Gasteiger partial charge is 0.317 e. The van der Waals surface area contributed by atoms with Crippen LogP contribution >= 0.6 is 0 Å². The van der Waals surface area contributed by atoms with E-state index in [9.17, 15) is 14.7 Å². The van der Waals surface area contributed by atoms with E-state index in [0.717, 1.165) is 23.1 Å². The first-order valence-corrected chi connectivity index (χ1v) is 10.7. The fraction of sp³-hybridized carbons (Fsp3) is 0.360. The zero-order valence-electron chi connectivity index (χ0n) is 17.6. The van der Waals surface area contributed by atoms with Crippen molar-refractivity contribution in [2.24, 2.45) is 0 Å². The van der Waals surface area contributed by atoms with Crippen LogP contribution in [0.4, 0.5) is 4.79 Å². The second-order valence-corrected chi connectivity index (χ2v) is 7.99. The predicted octanol–water partition coefficient (Wildman–Crippen LogP) is 2.18. The van der Waals surface area contributed by atoms with Gasteiger partial charge in [-0.15, -0.1) is 0 Å². The van der Waals surface area contributed by atoms with Crippen LogP contribution in [0, 0.1) is 11.8 Å². The van der Waals surface area contributed by atoms with E-state index < -0.39 is 0 Å². The molecule has 2 N–H and O–H groups in total. The lowest BCUT2D eigenvalue weighted by Crippen LogP contribution is -2.73. The van der Waals surface area contributed by atoms with Crippen LogP contribution in [0.15, 0.2) is 54.6 Å². The molecular weight excluding hydrogens is 390 g/mol. The molecule has 2 aliphatic rings. The number of fused-ring (bicyclic) bond motifs is 1. The predicted molar refractivity (Wildman–Crippen MR) is 118 cm³/mol. The number of nitrogens with zero attached hydrogens (tertiary/aromatic N) is 2. The Hall–Kier alpha value is -3.30. The van der Waals surface area contributed by atoms with E-state index in [4.69, 9.17) is 0 Å². The Morgan fingerprint density at radius 2 is 1.77 bits per heavy atom. The number of piperazine rings is 1. The van der Waals surface area contributed by atoms with Gasteiger partial charge in [0, 0.05) is 30.1 Å². The van der Waals surface area contributed by atoms with E-state index in [1.165, 1.54) is 0 Å². The molecule has 0 unspecified atom stereocenters. The van der Waals surface area contributed by atoms with Crippen molar-refractivity contribution in [1.29, 1.82) is 0 Å². The number of hydrogen-bond acceptors (Lipinski definition) is 3. The number of hydrogen-bond donors (Lipinski definition) is 2. The summed E-state index contributed by atoms with van der Waals surface area (Å²) in [6.07, 6.45) is 0.845. The molecule has 31 heavy (non-hydrogen) atoms. The number of urea groups is 1. The third-order valence-electron chi connectivity index (χ3n) is 5.99. The molecule has 6 nitrogen and oxygen atoms in total. The molecule has 0 spiro atoms. The molecule has 0 aliphatic carbocycles. The van der Waals surface area contributed by atoms with E-state index >= 15 is 0 Å². The minimum Gasteiger partial charge on any atom is -0.394 e. The maximum Gasteiger partial charge on any atom is 0.317 e. The Labute approximate surface area is 182 Å². The summed E-state index contributed by atoms with van der Waals surface area (Å²) in [6, 6.07) is 17.2. The molecule has 0 radical (unpaired) electrons. The van der Waals surface area contributed by atoms with Crippen LogP contribution in [-0.2, 0) is 4.79 Å². The van der Waals surface area contributed by atoms with Crippen molar-refractivity contribution in [3.05, 3.63) is 71.3 Å². The van der Waals surface area contributed by atoms with E-state index in [2.05, 4.69) is 17.2 Å². The molecule has 160 valence electrons. The van der Waals surface area contributed by atoms with E-state index in [0.29, 0.717) is 13.1 Å². The van der Waals surface area contributed by atoms with Crippen LogP contribution in [0.1, 0.15) is 36.0 Å². The summed E-state index contributed by atoms with van der Waals surface area (Å²) in [5.41, 5.74) is 2.92. The summed E-state index contributed by atoms with van der Waals surface area (Å²) in [6.45, 7) is 3.02. The van der Waals surface area contributed by atoms with Gasteiger partial charge in [0.1, 0.15) is 6.54 Å². The Balaban J connectivity index is 1.49. The van der Waals surface area contributed by atoms with Crippen molar-refractivity contribution in [1.82, 2.24) is 15.1 Å². The summed E-state index contributed by atoms with van der Waals surface area (Å²) in [5, 5.41) is 12.8. The van der Waals surface area contributed by atoms with Gasteiger partial charge in [-0.1, -0.05) is 49.1 Å². The Bertz CT molecular complexity index is 994. The summed E-state index contributed by atoms with van der Waals surface area (Å²) in [4.78, 5) is 28.4. The lowest BCUT2D eigenvalue weighted by Gasteiger charge is -2.58. The molecular formula is C25H27N3O3. The van der Waals surface area contributed by atoms with Crippen molar-refractivity contribution in [2.75, 3.05) is 26.2 Å². The molecule has 2 aromatic carbocycles. The standard InChI is InChI=1S/C25H27N3O3/c1-2-14-26-25(31)27-15-21-24(22(17-29)28(21)23(30)16-27)20-12-10-19(11-13-20)9-8-18-6-4-3-5-7-18/h3-7,10-13,21-22,24,29H,2,14-17H2,1H3,(H,26,31)/t21-,22-,24-/m0/s1. The van der Waals surface area contributed by atoms with Gasteiger partial charge >= 0.3 is 6.03 Å². The van der Waals surface area contributed by atoms with Crippen LogP contribution in [0.3, 0.4) is 0 Å². The number of aliphatic hydroxyl groups excluding tert-OH is 1. The van der Waals surface area contributed by atoms with Gasteiger partial charge in [-0.25, -0.2) is 4.79 Å². The number of aliphatic hydroxyl groups is 1. The highest BCUT2D eigenvalue weighted by Gasteiger charge is 2.54. The first-order valence-electron chi connectivity index (χ1n) is 10.7. The quantitative estimate of drug-likeness (QED) is 0.749. The Morgan fingerprint density at radius 3 is 2.42 bits per heavy atom. The highest BCUT2D eigenvalue weighted by molar-refractivity contribution is 5.87. The van der Waals surface area contributed by atoms with Crippen molar-refractivity contribution in [3.8, 4) is 11.8 Å². The summed E-state index contributed by atoms with van der Waals surface area (Å²) in [7, 11) is 0. The third-order valence-corrected chi connectivity index (χ3v) is 5.99. The largest absolute Gasteiger partial charge is 0.394 e. The molecule has 6 heteroatoms. The fourth-order valence-corrected chi connectivity index (χ4v) is 4.45. The van der Waals surface area contributed by atoms with E-state index in [1.54, 1.807) is 9.80 Å². The van der Waals surface area contributed by atoms with Gasteiger partial charge in [-0.3, -0.25) is 4.79 Å². The number of amides is 3. The average Bonchev–Trinajstić information content (AvgIpc) is 2.79. The fourth-order valence-electron chi connectivity index (χ4n) is 4.45. The number of nitrogens with one attached hydrogen (secondary N) is 1. The van der Waals surface area contributed by atoms with Crippen LogP contribution in [-0.4, -0.2) is 65.2 Å². The van der Waals surface area contributed by atoms with E-state index in [-0.39, 0.29) is 43.1 Å². The summed E-state index contributed by atoms with van der Waals surface area (Å²) in [5.74, 6) is 6.20. The number of benzene rings is 2. The molecule has 2 aromatic rings. The van der Waals surface area contributed by atoms with Gasteiger partial charge < -0.3 is 20.2 Å². The summed E-state index contributed by atoms with van der Waals surface area (Å²) < 4.78 is 0. The minimum atomic E-state index is -0.250. The molecule has 2 aliphatic heterocycles. The zero-order chi connectivity index (χ0) is 21.8. The molecule has 4 rings (SSSR count). The zero-order valence-corrected chi connectivity index (χ0v) is 17.6. The highest BCUT2D eigenvalue weighted by atomic mass is 16.3. The number of carbonyl (C=O) groups excluding carboxylic acids is 2. The normalized spacial score (nSPS) is 22.1. The maximum absolute atomic E-state index is 12.6. The topological polar surface area (TPSA) is 72.9 Å². The Morgan fingerprint density at radius 1 is 1.10 bits per heavy atom. The molecule has 0 saturated carbocycles. The van der Waals surface area contributed by atoms with Gasteiger partial charge in [0.2, 0.25) is 5.91 Å². The van der Waals surface area contributed by atoms with Gasteiger partial charge in [0.25, 0.3) is 0 Å². The molecule has 2 fully saturated rings. The van der Waals surface area contributed by atoms with Gasteiger partial charge in [-0.05, 0) is 36.2 Å². The van der Waals surface area contributed by atoms with Crippen molar-refractivity contribution in [3.63, 3.8) is 0 Å². The van der Waals surface area contributed by atoms with E-state index in [1.807, 2.05) is 61.5 Å². The lowest BCUT2D eigenvalue weighted by atomic mass is 9.73. The number of carbonyl (C=O) groups is 2. The van der Waals surface area contributed by atoms with Crippen molar-refractivity contribution in [2.45, 2.75) is 31.3 Å². The SMILES string of the molecule is CCCNC(=O)N1CC(=O)N2[C@@H](CO)[C@@H](c3ccc(C#Cc4ccccc4)cc3)[C@@H]2C1. The van der Waals surface area contributed by atoms with Crippen molar-refractivity contribution >= 4 is 11.9 Å². The second-order valence-electron chi connectivity index (χ2n) is 7.99. The molecule has 0 bridgehead atoms. The van der Waals surface area contributed by atoms with Crippen LogP contribution < -0.4 is 5.32 Å². The first-order chi connectivity index (χ1) is 15.1. The first kappa shape index (κ1) is 21.0. The monoisotopic (exact) mass is 417 g/mol. The van der Waals surface area contributed by atoms with Crippen molar-refractivity contribution < 1.29 is 14.7 Å². The lowest BCUT2D eigenvalue weighted by molar-refractivity contribution is -0.159. The number of rotatable bonds is 4. The third kappa shape index (κ3) is 4.28. The average molecular weight is 418 g/mol. The molecule has 2 heterocycles. The van der Waals surface area contributed by atoms with Gasteiger partial charge in [0.05, 0.1) is 18.7 Å². The van der Waals surface area contributed by atoms with Crippen LogP contribution in [0.5, 0.6) is 0 Å². The Kier molecular flexibility index (Phi) is 6.24. The highest BCUT2D eigenvalue weighted by Crippen LogP contribution is 2.42. The molecule has 3 amide bonds. The molecule has 0 aromatic heterocycles. The molecule has 2 saturated heterocycles.